The first-order valence-electron chi connectivity index (χ1n) is 9.07. The van der Waals surface area contributed by atoms with Crippen molar-refractivity contribution >= 4 is 5.82 Å². The molecule has 3 heterocycles. The summed E-state index contributed by atoms with van der Waals surface area (Å²) in [5.74, 6) is 3.12. The van der Waals surface area contributed by atoms with E-state index in [1.807, 2.05) is 12.1 Å². The van der Waals surface area contributed by atoms with Crippen molar-refractivity contribution in [3.05, 3.63) is 53.6 Å². The Hall–Kier alpha value is -2.95. The van der Waals surface area contributed by atoms with Crippen molar-refractivity contribution < 1.29 is 9.47 Å². The van der Waals surface area contributed by atoms with Gasteiger partial charge in [-0.25, -0.2) is 4.68 Å². The summed E-state index contributed by atoms with van der Waals surface area (Å²) in [5.41, 5.74) is 5.78. The minimum atomic E-state index is 0.286. The van der Waals surface area contributed by atoms with Crippen LogP contribution in [0.15, 0.2) is 42.5 Å². The van der Waals surface area contributed by atoms with Crippen LogP contribution in [-0.4, -0.2) is 23.1 Å². The molecule has 0 saturated heterocycles. The first-order chi connectivity index (χ1) is 12.7. The molecule has 2 aliphatic rings. The highest BCUT2D eigenvalue weighted by Gasteiger charge is 2.26. The predicted octanol–water partition coefficient (Wildman–Crippen LogP) is 4.36. The molecule has 26 heavy (non-hydrogen) atoms. The second-order valence-corrected chi connectivity index (χ2v) is 7.05. The molecule has 0 atom stereocenters. The van der Waals surface area contributed by atoms with Crippen LogP contribution in [0.1, 0.15) is 30.9 Å². The van der Waals surface area contributed by atoms with E-state index in [1.165, 1.54) is 11.1 Å². The molecule has 0 amide bonds. The zero-order chi connectivity index (χ0) is 17.7. The molecule has 5 heteroatoms. The maximum Gasteiger partial charge on any atom is 0.231 e. The third-order valence-corrected chi connectivity index (χ3v) is 5.08. The van der Waals surface area contributed by atoms with Crippen LogP contribution in [0.5, 0.6) is 11.5 Å². The lowest BCUT2D eigenvalue weighted by Gasteiger charge is -2.14. The van der Waals surface area contributed by atoms with E-state index >= 15 is 0 Å². The maximum absolute atomic E-state index is 5.55. The van der Waals surface area contributed by atoms with Gasteiger partial charge in [0.2, 0.25) is 6.79 Å². The Labute approximate surface area is 152 Å². The van der Waals surface area contributed by atoms with E-state index in [0.717, 1.165) is 47.2 Å². The molecule has 5 nitrogen and oxygen atoms in total. The lowest BCUT2D eigenvalue weighted by atomic mass is 10.0. The molecule has 1 aromatic heterocycles. The summed E-state index contributed by atoms with van der Waals surface area (Å²) in [6, 6.07) is 14.6. The zero-order valence-corrected chi connectivity index (χ0v) is 15.0. The van der Waals surface area contributed by atoms with E-state index in [9.17, 15) is 0 Å². The molecule has 132 valence electrons. The summed E-state index contributed by atoms with van der Waals surface area (Å²) >= 11 is 0. The van der Waals surface area contributed by atoms with E-state index in [1.54, 1.807) is 0 Å². The van der Waals surface area contributed by atoms with E-state index in [0.29, 0.717) is 5.92 Å². The molecular weight excluding hydrogens is 326 g/mol. The van der Waals surface area contributed by atoms with Gasteiger partial charge >= 0.3 is 0 Å². The lowest BCUT2D eigenvalue weighted by Crippen LogP contribution is -2.07. The number of nitrogens with one attached hydrogen (secondary N) is 1. The molecule has 2 aromatic carbocycles. The number of hydrogen-bond donors (Lipinski definition) is 1. The molecule has 0 aliphatic carbocycles. The van der Waals surface area contributed by atoms with Crippen LogP contribution in [0.3, 0.4) is 0 Å². The Morgan fingerprint density at radius 3 is 2.81 bits per heavy atom. The Bertz CT molecular complexity index is 991. The second kappa shape index (κ2) is 5.80. The van der Waals surface area contributed by atoms with Crippen molar-refractivity contribution in [1.82, 2.24) is 9.78 Å². The molecule has 5 rings (SSSR count). The molecule has 3 aromatic rings. The Morgan fingerprint density at radius 1 is 1.08 bits per heavy atom. The minimum Gasteiger partial charge on any atom is -0.454 e. The van der Waals surface area contributed by atoms with Crippen molar-refractivity contribution in [3.63, 3.8) is 0 Å². The van der Waals surface area contributed by atoms with Crippen LogP contribution in [-0.2, 0) is 6.42 Å². The fourth-order valence-electron chi connectivity index (χ4n) is 3.79. The fraction of sp³-hybridized carbons (Fsp3) is 0.286. The van der Waals surface area contributed by atoms with Gasteiger partial charge in [-0.2, -0.15) is 5.10 Å². The number of rotatable bonds is 3. The average Bonchev–Trinajstić information content (AvgIpc) is 3.37. The third-order valence-electron chi connectivity index (χ3n) is 5.08. The molecule has 0 radical (unpaired) electrons. The highest BCUT2D eigenvalue weighted by molar-refractivity contribution is 5.75. The second-order valence-electron chi connectivity index (χ2n) is 7.05. The van der Waals surface area contributed by atoms with Gasteiger partial charge in [-0.3, -0.25) is 0 Å². The number of ether oxygens (including phenoxy) is 2. The molecule has 0 fully saturated rings. The van der Waals surface area contributed by atoms with Crippen molar-refractivity contribution in [2.75, 3.05) is 18.7 Å². The summed E-state index contributed by atoms with van der Waals surface area (Å²) < 4.78 is 13.1. The molecule has 0 bridgehead atoms. The van der Waals surface area contributed by atoms with Crippen LogP contribution in [0.4, 0.5) is 5.82 Å². The summed E-state index contributed by atoms with van der Waals surface area (Å²) in [5, 5.41) is 8.52. The van der Waals surface area contributed by atoms with Crippen molar-refractivity contribution in [2.24, 2.45) is 0 Å². The normalized spacial score (nSPS) is 14.6. The Balaban J connectivity index is 1.68. The minimum absolute atomic E-state index is 0.286. The van der Waals surface area contributed by atoms with Gasteiger partial charge < -0.3 is 14.8 Å². The van der Waals surface area contributed by atoms with Crippen molar-refractivity contribution in [3.8, 4) is 28.4 Å². The van der Waals surface area contributed by atoms with Crippen LogP contribution < -0.4 is 14.8 Å². The van der Waals surface area contributed by atoms with Gasteiger partial charge in [-0.1, -0.05) is 32.0 Å². The molecule has 0 unspecified atom stereocenters. The Morgan fingerprint density at radius 2 is 1.92 bits per heavy atom. The van der Waals surface area contributed by atoms with Gasteiger partial charge in [-0.15, -0.1) is 0 Å². The zero-order valence-electron chi connectivity index (χ0n) is 15.0. The highest BCUT2D eigenvalue weighted by atomic mass is 16.7. The van der Waals surface area contributed by atoms with Gasteiger partial charge in [0.25, 0.3) is 0 Å². The summed E-state index contributed by atoms with van der Waals surface area (Å²) in [6.07, 6.45) is 0.975. The molecule has 0 spiro atoms. The number of hydrogen-bond acceptors (Lipinski definition) is 4. The van der Waals surface area contributed by atoms with Gasteiger partial charge in [0.1, 0.15) is 5.82 Å². The monoisotopic (exact) mass is 347 g/mol. The topological polar surface area (TPSA) is 48.3 Å². The van der Waals surface area contributed by atoms with Crippen LogP contribution >= 0.6 is 0 Å². The smallest absolute Gasteiger partial charge is 0.231 e. The number of aromatic nitrogens is 2. The summed E-state index contributed by atoms with van der Waals surface area (Å²) in [6.45, 7) is 5.66. The van der Waals surface area contributed by atoms with Crippen LogP contribution in [0, 0.1) is 0 Å². The standard InChI is InChI=1S/C21H21N3O2/c1-13(2)15-5-3-4-6-17(15)24-21-16(9-10-22-21)20(23-24)14-7-8-18-19(11-14)26-12-25-18/h3-8,11,13,22H,9-10,12H2,1-2H3. The maximum atomic E-state index is 5.55. The van der Waals surface area contributed by atoms with E-state index < -0.39 is 0 Å². The lowest BCUT2D eigenvalue weighted by molar-refractivity contribution is 0.174. The fourth-order valence-corrected chi connectivity index (χ4v) is 3.79. The summed E-state index contributed by atoms with van der Waals surface area (Å²) in [4.78, 5) is 0. The number of anilines is 1. The SMILES string of the molecule is CC(C)c1ccccc1-n1nc(-c2ccc3c(c2)OCO3)c2c1NCC2. The first kappa shape index (κ1) is 15.3. The highest BCUT2D eigenvalue weighted by Crippen LogP contribution is 2.40. The van der Waals surface area contributed by atoms with Crippen molar-refractivity contribution in [2.45, 2.75) is 26.2 Å². The van der Waals surface area contributed by atoms with Gasteiger partial charge in [0, 0.05) is 17.7 Å². The third kappa shape index (κ3) is 2.27. The van der Waals surface area contributed by atoms with Crippen molar-refractivity contribution in [1.29, 1.82) is 0 Å². The first-order valence-corrected chi connectivity index (χ1v) is 9.07. The molecule has 1 N–H and O–H groups in total. The van der Waals surface area contributed by atoms with Gasteiger partial charge in [0.05, 0.1) is 11.4 Å². The van der Waals surface area contributed by atoms with Gasteiger partial charge in [0.15, 0.2) is 11.5 Å². The predicted molar refractivity (Wildman–Crippen MR) is 101 cm³/mol. The Kier molecular flexibility index (Phi) is 3.42. The number of benzene rings is 2. The molecular formula is C21H21N3O2. The van der Waals surface area contributed by atoms with Crippen LogP contribution in [0.25, 0.3) is 16.9 Å². The largest absolute Gasteiger partial charge is 0.454 e. The summed E-state index contributed by atoms with van der Waals surface area (Å²) in [7, 11) is 0. The number of fused-ring (bicyclic) bond motifs is 2. The van der Waals surface area contributed by atoms with E-state index in [4.69, 9.17) is 14.6 Å². The van der Waals surface area contributed by atoms with E-state index in [2.05, 4.69) is 54.2 Å². The molecule has 0 saturated carbocycles. The van der Waals surface area contributed by atoms with E-state index in [-0.39, 0.29) is 6.79 Å². The number of para-hydroxylation sites is 1. The van der Waals surface area contributed by atoms with Gasteiger partial charge in [-0.05, 0) is 42.2 Å². The quantitative estimate of drug-likeness (QED) is 0.765. The average molecular weight is 347 g/mol. The van der Waals surface area contributed by atoms with Crippen LogP contribution in [0.2, 0.25) is 0 Å². The number of nitrogens with zero attached hydrogens (tertiary/aromatic N) is 2. The molecule has 2 aliphatic heterocycles.